The van der Waals surface area contributed by atoms with E-state index >= 15 is 0 Å². The van der Waals surface area contributed by atoms with Gasteiger partial charge in [0.15, 0.2) is 0 Å². The van der Waals surface area contributed by atoms with Crippen LogP contribution in [0.1, 0.15) is 48.2 Å². The zero-order valence-electron chi connectivity index (χ0n) is 22.1. The van der Waals surface area contributed by atoms with Gasteiger partial charge in [-0.25, -0.2) is 0 Å². The summed E-state index contributed by atoms with van der Waals surface area (Å²) in [5.74, 6) is 0.252. The third-order valence-corrected chi connectivity index (χ3v) is 6.52. The highest BCUT2D eigenvalue weighted by atomic mass is 16.5. The topological polar surface area (TPSA) is 90.9 Å². The van der Waals surface area contributed by atoms with Crippen LogP contribution in [0.15, 0.2) is 78.9 Å². The minimum absolute atomic E-state index is 0.0416. The van der Waals surface area contributed by atoms with E-state index < -0.39 is 12.1 Å². The van der Waals surface area contributed by atoms with Gasteiger partial charge in [-0.05, 0) is 49.9 Å². The molecule has 2 atom stereocenters. The van der Waals surface area contributed by atoms with Gasteiger partial charge in [-0.1, -0.05) is 60.7 Å². The molecule has 0 spiro atoms. The highest BCUT2D eigenvalue weighted by Gasteiger charge is 2.26. The summed E-state index contributed by atoms with van der Waals surface area (Å²) < 4.78 is 5.91. The monoisotopic (exact) mass is 515 g/mol. The summed E-state index contributed by atoms with van der Waals surface area (Å²) in [6.45, 7) is 5.39. The second-order valence-electron chi connectivity index (χ2n) is 9.98. The van der Waals surface area contributed by atoms with Crippen LogP contribution < -0.4 is 20.3 Å². The van der Waals surface area contributed by atoms with Gasteiger partial charge in [0.2, 0.25) is 5.91 Å². The molecule has 7 nitrogen and oxygen atoms in total. The Hall–Kier alpha value is -3.68. The first-order chi connectivity index (χ1) is 18.4. The molecule has 0 saturated carbocycles. The number of amides is 2. The molecule has 3 aromatic rings. The number of nitrogens with zero attached hydrogens (tertiary/aromatic N) is 1. The maximum absolute atomic E-state index is 13.5. The Morgan fingerprint density at radius 1 is 1.00 bits per heavy atom. The van der Waals surface area contributed by atoms with Crippen LogP contribution in [0.3, 0.4) is 0 Å². The first-order valence-corrected chi connectivity index (χ1v) is 13.3. The van der Waals surface area contributed by atoms with Crippen molar-refractivity contribution in [2.45, 2.75) is 57.9 Å². The fourth-order valence-electron chi connectivity index (χ4n) is 4.64. The maximum atomic E-state index is 13.5. The summed E-state index contributed by atoms with van der Waals surface area (Å²) in [4.78, 5) is 27.6. The van der Waals surface area contributed by atoms with Crippen LogP contribution in [-0.4, -0.2) is 48.3 Å². The van der Waals surface area contributed by atoms with E-state index in [2.05, 4.69) is 10.6 Å². The van der Waals surface area contributed by atoms with Gasteiger partial charge in [-0.2, -0.15) is 0 Å². The van der Waals surface area contributed by atoms with Crippen LogP contribution in [-0.2, 0) is 17.8 Å². The molecule has 2 unspecified atom stereocenters. The summed E-state index contributed by atoms with van der Waals surface area (Å²) >= 11 is 0. The van der Waals surface area contributed by atoms with Crippen molar-refractivity contribution in [3.05, 3.63) is 95.6 Å². The van der Waals surface area contributed by atoms with Gasteiger partial charge in [-0.3, -0.25) is 9.59 Å². The molecule has 0 aromatic heterocycles. The van der Waals surface area contributed by atoms with E-state index in [0.717, 1.165) is 17.5 Å². The molecule has 0 bridgehead atoms. The van der Waals surface area contributed by atoms with Gasteiger partial charge in [0.05, 0.1) is 18.2 Å². The molecule has 1 fully saturated rings. The summed E-state index contributed by atoms with van der Waals surface area (Å²) in [5, 5.41) is 17.5. The van der Waals surface area contributed by atoms with E-state index in [1.165, 1.54) is 0 Å². The van der Waals surface area contributed by atoms with E-state index in [4.69, 9.17) is 4.74 Å². The summed E-state index contributed by atoms with van der Waals surface area (Å²) in [5.41, 5.74) is 3.18. The number of ether oxygens (including phenoxy) is 1. The van der Waals surface area contributed by atoms with Crippen molar-refractivity contribution < 1.29 is 19.4 Å². The molecule has 200 valence electrons. The smallest absolute Gasteiger partial charge is 0.251 e. The third kappa shape index (κ3) is 7.66. The van der Waals surface area contributed by atoms with Gasteiger partial charge in [0.25, 0.3) is 5.91 Å². The molecule has 1 aliphatic rings. The first kappa shape index (κ1) is 27.4. The Morgan fingerprint density at radius 3 is 2.32 bits per heavy atom. The van der Waals surface area contributed by atoms with Crippen LogP contribution in [0.5, 0.6) is 5.75 Å². The van der Waals surface area contributed by atoms with Gasteiger partial charge in [0.1, 0.15) is 5.75 Å². The second kappa shape index (κ2) is 13.2. The molecule has 4 rings (SSSR count). The fraction of sp³-hybridized carbons (Fsp3) is 0.355. The van der Waals surface area contributed by atoms with Crippen LogP contribution >= 0.6 is 0 Å². The molecule has 1 aliphatic heterocycles. The quantitative estimate of drug-likeness (QED) is 0.338. The Labute approximate surface area is 224 Å². The number of anilines is 1. The van der Waals surface area contributed by atoms with Crippen molar-refractivity contribution in [2.24, 2.45) is 0 Å². The number of carbonyl (C=O) groups excluding carboxylic acids is 2. The van der Waals surface area contributed by atoms with E-state index in [0.29, 0.717) is 49.5 Å². The number of rotatable bonds is 12. The number of carbonyl (C=O) groups is 2. The number of hydrogen-bond acceptors (Lipinski definition) is 5. The van der Waals surface area contributed by atoms with Crippen molar-refractivity contribution in [1.29, 1.82) is 0 Å². The predicted molar refractivity (Wildman–Crippen MR) is 149 cm³/mol. The Bertz CT molecular complexity index is 1200. The normalized spacial score (nSPS) is 14.9. The van der Waals surface area contributed by atoms with Crippen LogP contribution in [0.4, 0.5) is 5.69 Å². The van der Waals surface area contributed by atoms with Gasteiger partial charge in [0, 0.05) is 43.4 Å². The minimum atomic E-state index is -0.822. The van der Waals surface area contributed by atoms with E-state index in [1.54, 1.807) is 17.0 Å². The number of nitrogens with one attached hydrogen (secondary N) is 2. The Morgan fingerprint density at radius 2 is 1.68 bits per heavy atom. The zero-order valence-corrected chi connectivity index (χ0v) is 22.1. The van der Waals surface area contributed by atoms with Crippen LogP contribution in [0, 0.1) is 0 Å². The lowest BCUT2D eigenvalue weighted by atomic mass is 10.00. The van der Waals surface area contributed by atoms with Crippen molar-refractivity contribution in [1.82, 2.24) is 10.6 Å². The number of aliphatic hydroxyl groups excluding tert-OH is 1. The molecule has 7 heteroatoms. The second-order valence-corrected chi connectivity index (χ2v) is 9.98. The molecular formula is C31H37N3O4. The van der Waals surface area contributed by atoms with E-state index in [9.17, 15) is 14.7 Å². The largest absolute Gasteiger partial charge is 0.491 e. The van der Waals surface area contributed by atoms with E-state index in [1.807, 2.05) is 80.6 Å². The lowest BCUT2D eigenvalue weighted by molar-refractivity contribution is -0.117. The molecule has 3 N–H and O–H groups in total. The third-order valence-electron chi connectivity index (χ3n) is 6.52. The van der Waals surface area contributed by atoms with Crippen molar-refractivity contribution in [2.75, 3.05) is 18.0 Å². The Kier molecular flexibility index (Phi) is 9.51. The number of hydrogen-bond donors (Lipinski definition) is 3. The molecule has 3 aromatic carbocycles. The molecular weight excluding hydrogens is 478 g/mol. The summed E-state index contributed by atoms with van der Waals surface area (Å²) in [6, 6.07) is 24.5. The van der Waals surface area contributed by atoms with Gasteiger partial charge >= 0.3 is 0 Å². The van der Waals surface area contributed by atoms with Gasteiger partial charge < -0.3 is 25.4 Å². The molecule has 0 radical (unpaired) electrons. The minimum Gasteiger partial charge on any atom is -0.491 e. The molecule has 2 amide bonds. The molecule has 1 heterocycles. The zero-order chi connectivity index (χ0) is 26.9. The summed E-state index contributed by atoms with van der Waals surface area (Å²) in [7, 11) is 0. The maximum Gasteiger partial charge on any atom is 0.251 e. The molecule has 0 aliphatic carbocycles. The summed E-state index contributed by atoms with van der Waals surface area (Å²) in [6.07, 6.45) is 0.853. The Balaban J connectivity index is 1.52. The molecule has 38 heavy (non-hydrogen) atoms. The molecule has 1 saturated heterocycles. The predicted octanol–water partition coefficient (Wildman–Crippen LogP) is 4.09. The fourth-order valence-corrected chi connectivity index (χ4v) is 4.64. The lowest BCUT2D eigenvalue weighted by Gasteiger charge is -2.25. The average molecular weight is 516 g/mol. The van der Waals surface area contributed by atoms with Gasteiger partial charge in [-0.15, -0.1) is 0 Å². The first-order valence-electron chi connectivity index (χ1n) is 13.3. The van der Waals surface area contributed by atoms with Crippen molar-refractivity contribution in [3.63, 3.8) is 0 Å². The number of aliphatic hydroxyl groups is 1. The highest BCUT2D eigenvalue weighted by molar-refractivity contribution is 5.99. The SMILES string of the molecule is CC(C)Oc1cc(C(=O)NC(Cc2ccccc2)C(O)CNCc2ccccc2)cc(N2CCCC2=O)c1. The number of benzene rings is 3. The van der Waals surface area contributed by atoms with Crippen molar-refractivity contribution >= 4 is 17.5 Å². The average Bonchev–Trinajstić information content (AvgIpc) is 3.34. The lowest BCUT2D eigenvalue weighted by Crippen LogP contribution is -2.48. The standard InChI is InChI=1S/C31H37N3O4/c1-22(2)38-27-18-25(17-26(19-27)34-15-9-14-30(34)36)31(37)33-28(16-23-10-5-3-6-11-23)29(35)21-32-20-24-12-7-4-8-13-24/h3-8,10-13,17-19,22,28-29,32,35H,9,14-16,20-21H2,1-2H3,(H,33,37). The highest BCUT2D eigenvalue weighted by Crippen LogP contribution is 2.28. The van der Waals surface area contributed by atoms with Crippen LogP contribution in [0.25, 0.3) is 0 Å². The van der Waals surface area contributed by atoms with E-state index in [-0.39, 0.29) is 17.9 Å². The van der Waals surface area contributed by atoms with Crippen molar-refractivity contribution in [3.8, 4) is 5.75 Å². The van der Waals surface area contributed by atoms with Crippen LogP contribution in [0.2, 0.25) is 0 Å².